The van der Waals surface area contributed by atoms with E-state index in [-0.39, 0.29) is 11.6 Å². The first kappa shape index (κ1) is 22.6. The monoisotopic (exact) mass is 477 g/mol. The summed E-state index contributed by atoms with van der Waals surface area (Å²) in [5, 5.41) is 16.3. The van der Waals surface area contributed by atoms with Crippen molar-refractivity contribution in [1.29, 1.82) is 0 Å². The number of non-ortho nitro benzene ring substituents is 1. The van der Waals surface area contributed by atoms with Gasteiger partial charge in [-0.3, -0.25) is 14.9 Å². The molecule has 2 heterocycles. The van der Waals surface area contributed by atoms with Crippen LogP contribution in [-0.4, -0.2) is 31.0 Å². The summed E-state index contributed by atoms with van der Waals surface area (Å²) in [6.07, 6.45) is 0. The molecule has 0 saturated carbocycles. The van der Waals surface area contributed by atoms with Gasteiger partial charge in [0, 0.05) is 28.6 Å². The number of thioether (sulfide) groups is 1. The van der Waals surface area contributed by atoms with Crippen molar-refractivity contribution in [3.63, 3.8) is 0 Å². The largest absolute Gasteiger partial charge is 0.301 e. The smallest absolute Gasteiger partial charge is 0.270 e. The number of hydrogen-bond acceptors (Lipinski definition) is 8. The van der Waals surface area contributed by atoms with E-state index in [2.05, 4.69) is 20.3 Å². The molecule has 1 atom stereocenters. The number of thiazole rings is 1. The molecule has 1 unspecified atom stereocenters. The number of aryl methyl sites for hydroxylation is 1. The van der Waals surface area contributed by atoms with Crippen LogP contribution >= 0.6 is 23.1 Å². The zero-order chi connectivity index (χ0) is 23.4. The number of carbonyl (C=O) groups excluding carboxylic acids is 1. The van der Waals surface area contributed by atoms with Gasteiger partial charge >= 0.3 is 0 Å². The number of anilines is 1. The van der Waals surface area contributed by atoms with Crippen LogP contribution in [0.2, 0.25) is 0 Å². The molecular formula is C23H19N5O3S2. The summed E-state index contributed by atoms with van der Waals surface area (Å²) in [5.41, 5.74) is 2.97. The van der Waals surface area contributed by atoms with Gasteiger partial charge in [0.2, 0.25) is 5.91 Å². The van der Waals surface area contributed by atoms with Crippen LogP contribution in [0, 0.1) is 17.0 Å². The van der Waals surface area contributed by atoms with Crippen LogP contribution in [0.3, 0.4) is 0 Å². The summed E-state index contributed by atoms with van der Waals surface area (Å²) in [7, 11) is 0. The summed E-state index contributed by atoms with van der Waals surface area (Å²) in [4.78, 5) is 36.7. The lowest BCUT2D eigenvalue weighted by Crippen LogP contribution is -2.22. The first-order chi connectivity index (χ1) is 15.9. The van der Waals surface area contributed by atoms with Crippen molar-refractivity contribution in [1.82, 2.24) is 15.0 Å². The molecule has 10 heteroatoms. The maximum absolute atomic E-state index is 12.7. The third-order valence-corrected chi connectivity index (χ3v) is 6.41. The number of nitrogens with zero attached hydrogens (tertiary/aromatic N) is 4. The standard InChI is InChI=1S/C23H19N5O3S2/c1-14(33-21-12-19(24-15(2)25-21)16-7-4-3-5-8-16)22(29)27-23-26-20(13-32-23)17-9-6-10-18(11-17)28(30)31/h3-14H,1-2H3,(H,26,27,29). The van der Waals surface area contributed by atoms with Crippen molar-refractivity contribution in [2.75, 3.05) is 5.32 Å². The molecule has 4 rings (SSSR count). The van der Waals surface area contributed by atoms with E-state index < -0.39 is 10.2 Å². The van der Waals surface area contributed by atoms with Gasteiger partial charge in [-0.05, 0) is 19.9 Å². The Hall–Kier alpha value is -3.63. The van der Waals surface area contributed by atoms with Crippen molar-refractivity contribution in [2.45, 2.75) is 24.1 Å². The molecule has 4 aromatic rings. The summed E-state index contributed by atoms with van der Waals surface area (Å²) in [6.45, 7) is 3.63. The highest BCUT2D eigenvalue weighted by Gasteiger charge is 2.18. The van der Waals surface area contributed by atoms with Gasteiger partial charge in [-0.2, -0.15) is 0 Å². The maximum Gasteiger partial charge on any atom is 0.270 e. The topological polar surface area (TPSA) is 111 Å². The molecule has 0 aliphatic carbocycles. The van der Waals surface area contributed by atoms with Gasteiger partial charge in [-0.25, -0.2) is 15.0 Å². The zero-order valence-electron chi connectivity index (χ0n) is 17.8. The number of nitrogens with one attached hydrogen (secondary N) is 1. The lowest BCUT2D eigenvalue weighted by atomic mass is 10.1. The zero-order valence-corrected chi connectivity index (χ0v) is 19.4. The van der Waals surface area contributed by atoms with Crippen LogP contribution in [-0.2, 0) is 4.79 Å². The maximum atomic E-state index is 12.7. The molecule has 33 heavy (non-hydrogen) atoms. The average molecular weight is 478 g/mol. The minimum Gasteiger partial charge on any atom is -0.301 e. The molecular weight excluding hydrogens is 458 g/mol. The molecule has 8 nitrogen and oxygen atoms in total. The molecule has 1 N–H and O–H groups in total. The van der Waals surface area contributed by atoms with Crippen molar-refractivity contribution < 1.29 is 9.72 Å². The van der Waals surface area contributed by atoms with Gasteiger partial charge in [-0.15, -0.1) is 11.3 Å². The Labute approximate surface area is 198 Å². The van der Waals surface area contributed by atoms with E-state index in [0.29, 0.717) is 27.2 Å². The fourth-order valence-electron chi connectivity index (χ4n) is 3.04. The van der Waals surface area contributed by atoms with E-state index in [1.165, 1.54) is 35.2 Å². The summed E-state index contributed by atoms with van der Waals surface area (Å²) in [5.74, 6) is 0.422. The van der Waals surface area contributed by atoms with E-state index in [1.54, 1.807) is 24.4 Å². The highest BCUT2D eigenvalue weighted by atomic mass is 32.2. The number of amides is 1. The Morgan fingerprint density at radius 3 is 2.55 bits per heavy atom. The van der Waals surface area contributed by atoms with Crippen molar-refractivity contribution in [3.05, 3.63) is 82.0 Å². The fourth-order valence-corrected chi connectivity index (χ4v) is 4.66. The lowest BCUT2D eigenvalue weighted by molar-refractivity contribution is -0.384. The molecule has 2 aromatic carbocycles. The molecule has 2 aromatic heterocycles. The summed E-state index contributed by atoms with van der Waals surface area (Å²) < 4.78 is 0. The van der Waals surface area contributed by atoms with E-state index in [0.717, 1.165) is 11.3 Å². The Kier molecular flexibility index (Phi) is 6.76. The number of aromatic nitrogens is 3. The van der Waals surface area contributed by atoms with Crippen molar-refractivity contribution >= 4 is 39.8 Å². The molecule has 0 spiro atoms. The molecule has 0 aliphatic heterocycles. The Morgan fingerprint density at radius 2 is 1.79 bits per heavy atom. The summed E-state index contributed by atoms with van der Waals surface area (Å²) >= 11 is 2.61. The van der Waals surface area contributed by atoms with Gasteiger partial charge in [0.1, 0.15) is 10.9 Å². The predicted molar refractivity (Wildman–Crippen MR) is 130 cm³/mol. The van der Waals surface area contributed by atoms with Crippen molar-refractivity contribution in [2.24, 2.45) is 0 Å². The molecule has 0 bridgehead atoms. The van der Waals surface area contributed by atoms with Gasteiger partial charge in [0.15, 0.2) is 5.13 Å². The van der Waals surface area contributed by atoms with Crippen molar-refractivity contribution in [3.8, 4) is 22.5 Å². The quantitative estimate of drug-likeness (QED) is 0.159. The van der Waals surface area contributed by atoms with Crippen LogP contribution in [0.5, 0.6) is 0 Å². The molecule has 0 saturated heterocycles. The van der Waals surface area contributed by atoms with Gasteiger partial charge in [0.05, 0.1) is 21.6 Å². The number of rotatable bonds is 7. The Morgan fingerprint density at radius 1 is 1.03 bits per heavy atom. The fraction of sp³-hybridized carbons (Fsp3) is 0.130. The highest BCUT2D eigenvalue weighted by Crippen LogP contribution is 2.29. The minimum absolute atomic E-state index is 0.00822. The summed E-state index contributed by atoms with van der Waals surface area (Å²) in [6, 6.07) is 17.9. The predicted octanol–water partition coefficient (Wildman–Crippen LogP) is 5.60. The van der Waals surface area contributed by atoms with Crippen LogP contribution in [0.25, 0.3) is 22.5 Å². The van der Waals surface area contributed by atoms with Gasteiger partial charge in [0.25, 0.3) is 5.69 Å². The molecule has 166 valence electrons. The van der Waals surface area contributed by atoms with E-state index in [9.17, 15) is 14.9 Å². The molecule has 0 fully saturated rings. The van der Waals surface area contributed by atoms with E-state index in [4.69, 9.17) is 0 Å². The Balaban J connectivity index is 1.44. The first-order valence-corrected chi connectivity index (χ1v) is 11.7. The molecule has 0 radical (unpaired) electrons. The first-order valence-electron chi connectivity index (χ1n) is 9.98. The van der Waals surface area contributed by atoms with Crippen LogP contribution in [0.1, 0.15) is 12.7 Å². The lowest BCUT2D eigenvalue weighted by Gasteiger charge is -2.11. The SMILES string of the molecule is Cc1nc(SC(C)C(=O)Nc2nc(-c3cccc([N+](=O)[O-])c3)cs2)cc(-c2ccccc2)n1. The average Bonchev–Trinajstić information content (AvgIpc) is 3.28. The number of hydrogen-bond donors (Lipinski definition) is 1. The van der Waals surface area contributed by atoms with Gasteiger partial charge < -0.3 is 5.32 Å². The number of nitro benzene ring substituents is 1. The normalized spacial score (nSPS) is 11.7. The third-order valence-electron chi connectivity index (χ3n) is 4.64. The van der Waals surface area contributed by atoms with E-state index in [1.807, 2.05) is 43.3 Å². The van der Waals surface area contributed by atoms with Crippen LogP contribution in [0.15, 0.2) is 71.1 Å². The van der Waals surface area contributed by atoms with Gasteiger partial charge in [-0.1, -0.05) is 54.2 Å². The highest BCUT2D eigenvalue weighted by molar-refractivity contribution is 8.00. The number of nitro groups is 1. The second-order valence-electron chi connectivity index (χ2n) is 7.10. The molecule has 0 aliphatic rings. The number of carbonyl (C=O) groups is 1. The van der Waals surface area contributed by atoms with Crippen LogP contribution in [0.4, 0.5) is 10.8 Å². The second kappa shape index (κ2) is 9.88. The Bertz CT molecular complexity index is 1310. The van der Waals surface area contributed by atoms with Crippen LogP contribution < -0.4 is 5.32 Å². The number of benzene rings is 2. The minimum atomic E-state index is -0.449. The third kappa shape index (κ3) is 5.60. The molecule has 1 amide bonds. The second-order valence-corrected chi connectivity index (χ2v) is 9.32. The van der Waals surface area contributed by atoms with E-state index >= 15 is 0 Å².